The molecular weight excluding hydrogens is 330 g/mol. The number of hydrogen-bond acceptors (Lipinski definition) is 0. The lowest BCUT2D eigenvalue weighted by Crippen LogP contribution is -2.22. The first-order valence-corrected chi connectivity index (χ1v) is 13.1. The lowest BCUT2D eigenvalue weighted by atomic mass is 9.79. The minimum absolute atomic E-state index is 0.461. The van der Waals surface area contributed by atoms with Gasteiger partial charge in [0.15, 0.2) is 11.6 Å². The molecule has 0 spiro atoms. The summed E-state index contributed by atoms with van der Waals surface area (Å²) in [6.07, 6.45) is 12.6. The topological polar surface area (TPSA) is 0 Å². The third kappa shape index (κ3) is 5.38. The molecule has 0 N–H and O–H groups in total. The number of benzene rings is 1. The molecule has 140 valence electrons. The summed E-state index contributed by atoms with van der Waals surface area (Å²) in [7, 11) is -0.578. The highest BCUT2D eigenvalue weighted by Crippen LogP contribution is 2.38. The Labute approximate surface area is 154 Å². The summed E-state index contributed by atoms with van der Waals surface area (Å²) in [6.45, 7) is 2.31. The van der Waals surface area contributed by atoms with Crippen molar-refractivity contribution >= 4 is 8.80 Å². The van der Waals surface area contributed by atoms with Gasteiger partial charge in [-0.3, -0.25) is 0 Å². The molecule has 1 aliphatic heterocycles. The molecule has 0 unspecified atom stereocenters. The smallest absolute Gasteiger partial charge is 0.159 e. The second-order valence-corrected chi connectivity index (χ2v) is 12.1. The van der Waals surface area contributed by atoms with Gasteiger partial charge in [0.1, 0.15) is 0 Å². The molecule has 1 aromatic carbocycles. The average molecular weight is 365 g/mol. The van der Waals surface area contributed by atoms with E-state index in [1.165, 1.54) is 88.1 Å². The Bertz CT molecular complexity index is 529. The Morgan fingerprint density at radius 2 is 1.52 bits per heavy atom. The molecule has 2 aliphatic rings. The van der Waals surface area contributed by atoms with E-state index in [0.29, 0.717) is 5.92 Å². The largest absolute Gasteiger partial charge is 0.204 e. The van der Waals surface area contributed by atoms with E-state index in [4.69, 9.17) is 0 Å². The lowest BCUT2D eigenvalue weighted by Gasteiger charge is -2.31. The SMILES string of the molecule is CCC[C@H]1CC[C@H](CC[Si@H]2CC[C@H](c3ccc(F)c(F)c3)CC2)CC1. The molecule has 0 aromatic heterocycles. The highest BCUT2D eigenvalue weighted by Gasteiger charge is 2.26. The van der Waals surface area contributed by atoms with Crippen LogP contribution in [0.3, 0.4) is 0 Å². The first kappa shape index (κ1) is 19.1. The van der Waals surface area contributed by atoms with E-state index >= 15 is 0 Å². The molecule has 0 amide bonds. The van der Waals surface area contributed by atoms with Gasteiger partial charge in [-0.05, 0) is 48.3 Å². The quantitative estimate of drug-likeness (QED) is 0.474. The van der Waals surface area contributed by atoms with E-state index in [2.05, 4.69) is 6.92 Å². The fourth-order valence-electron chi connectivity index (χ4n) is 5.24. The van der Waals surface area contributed by atoms with Crippen LogP contribution in [-0.2, 0) is 0 Å². The maximum atomic E-state index is 13.4. The fourth-order valence-corrected chi connectivity index (χ4v) is 8.80. The summed E-state index contributed by atoms with van der Waals surface area (Å²) in [4.78, 5) is 0. The average Bonchev–Trinajstić information content (AvgIpc) is 2.64. The van der Waals surface area contributed by atoms with E-state index in [0.717, 1.165) is 17.4 Å². The maximum absolute atomic E-state index is 13.4. The normalized spacial score (nSPS) is 30.4. The van der Waals surface area contributed by atoms with Gasteiger partial charge in [0, 0.05) is 8.80 Å². The number of rotatable bonds is 6. The maximum Gasteiger partial charge on any atom is 0.159 e. The summed E-state index contributed by atoms with van der Waals surface area (Å²) in [5, 5.41) is 0. The van der Waals surface area contributed by atoms with Crippen molar-refractivity contribution in [3.63, 3.8) is 0 Å². The van der Waals surface area contributed by atoms with Crippen LogP contribution in [0.25, 0.3) is 0 Å². The van der Waals surface area contributed by atoms with Gasteiger partial charge in [-0.2, -0.15) is 0 Å². The minimum Gasteiger partial charge on any atom is -0.204 e. The molecule has 0 radical (unpaired) electrons. The predicted molar refractivity (Wildman–Crippen MR) is 105 cm³/mol. The van der Waals surface area contributed by atoms with Gasteiger partial charge in [-0.1, -0.05) is 76.1 Å². The molecule has 2 fully saturated rings. The Morgan fingerprint density at radius 1 is 0.880 bits per heavy atom. The standard InChI is InChI=1S/C22H34F2Si/c1-2-3-17-4-6-18(7-5-17)10-13-25-14-11-19(12-15-25)20-8-9-21(23)22(24)16-20/h8-9,16-19,25H,2-7,10-15H2,1H3/t17-,18-,19-,25-. The molecule has 25 heavy (non-hydrogen) atoms. The summed E-state index contributed by atoms with van der Waals surface area (Å²) in [5.74, 6) is 1.08. The van der Waals surface area contributed by atoms with E-state index in [9.17, 15) is 8.78 Å². The van der Waals surface area contributed by atoms with Gasteiger partial charge in [0.2, 0.25) is 0 Å². The van der Waals surface area contributed by atoms with Gasteiger partial charge in [0.25, 0.3) is 0 Å². The lowest BCUT2D eigenvalue weighted by molar-refractivity contribution is 0.257. The van der Waals surface area contributed by atoms with Crippen molar-refractivity contribution in [3.05, 3.63) is 35.4 Å². The van der Waals surface area contributed by atoms with Gasteiger partial charge < -0.3 is 0 Å². The van der Waals surface area contributed by atoms with Gasteiger partial charge >= 0.3 is 0 Å². The van der Waals surface area contributed by atoms with E-state index < -0.39 is 20.4 Å². The van der Waals surface area contributed by atoms with Crippen LogP contribution in [-0.4, -0.2) is 8.80 Å². The molecule has 1 heterocycles. The second-order valence-electron chi connectivity index (χ2n) is 8.64. The monoisotopic (exact) mass is 364 g/mol. The predicted octanol–water partition coefficient (Wildman–Crippen LogP) is 7.07. The van der Waals surface area contributed by atoms with Gasteiger partial charge in [0.05, 0.1) is 0 Å². The van der Waals surface area contributed by atoms with Crippen LogP contribution in [0.1, 0.15) is 76.2 Å². The molecule has 1 aliphatic carbocycles. The molecule has 3 rings (SSSR count). The number of hydrogen-bond donors (Lipinski definition) is 0. The van der Waals surface area contributed by atoms with E-state index in [-0.39, 0.29) is 0 Å². The van der Waals surface area contributed by atoms with Crippen LogP contribution in [0.15, 0.2) is 18.2 Å². The minimum atomic E-state index is -0.722. The van der Waals surface area contributed by atoms with Crippen molar-refractivity contribution < 1.29 is 8.78 Å². The molecule has 1 aromatic rings. The van der Waals surface area contributed by atoms with Crippen LogP contribution in [0.4, 0.5) is 8.78 Å². The van der Waals surface area contributed by atoms with Crippen LogP contribution in [0.5, 0.6) is 0 Å². The van der Waals surface area contributed by atoms with Crippen molar-refractivity contribution in [2.75, 3.05) is 0 Å². The van der Waals surface area contributed by atoms with E-state index in [1.807, 2.05) is 0 Å². The molecule has 1 saturated carbocycles. The van der Waals surface area contributed by atoms with E-state index in [1.54, 1.807) is 6.07 Å². The zero-order chi connectivity index (χ0) is 17.6. The van der Waals surface area contributed by atoms with Crippen LogP contribution < -0.4 is 0 Å². The Balaban J connectivity index is 1.37. The number of halogens is 2. The first-order valence-electron chi connectivity index (χ1n) is 10.6. The second kappa shape index (κ2) is 9.30. The molecule has 0 nitrogen and oxygen atoms in total. The fraction of sp³-hybridized carbons (Fsp3) is 0.727. The highest BCUT2D eigenvalue weighted by molar-refractivity contribution is 6.59. The molecular formula is C22H34F2Si. The molecule has 0 atom stereocenters. The van der Waals surface area contributed by atoms with Crippen LogP contribution in [0, 0.1) is 23.5 Å². The summed E-state index contributed by atoms with van der Waals surface area (Å²) in [6, 6.07) is 8.83. The van der Waals surface area contributed by atoms with Gasteiger partial charge in [-0.25, -0.2) is 8.78 Å². The van der Waals surface area contributed by atoms with Crippen LogP contribution in [0.2, 0.25) is 18.1 Å². The molecule has 0 bridgehead atoms. The third-order valence-corrected chi connectivity index (χ3v) is 10.4. The zero-order valence-electron chi connectivity index (χ0n) is 15.8. The van der Waals surface area contributed by atoms with Crippen molar-refractivity contribution in [2.24, 2.45) is 11.8 Å². The van der Waals surface area contributed by atoms with Gasteiger partial charge in [-0.15, -0.1) is 0 Å². The Hall–Kier alpha value is -0.703. The summed E-state index contributed by atoms with van der Waals surface area (Å²) >= 11 is 0. The van der Waals surface area contributed by atoms with Crippen molar-refractivity contribution in [1.82, 2.24) is 0 Å². The summed E-state index contributed by atoms with van der Waals surface area (Å²) < 4.78 is 26.6. The molecule has 1 saturated heterocycles. The van der Waals surface area contributed by atoms with Crippen molar-refractivity contribution in [3.8, 4) is 0 Å². The first-order chi connectivity index (χ1) is 12.2. The summed E-state index contributed by atoms with van der Waals surface area (Å²) in [5.41, 5.74) is 1.01. The zero-order valence-corrected chi connectivity index (χ0v) is 16.9. The van der Waals surface area contributed by atoms with Crippen LogP contribution >= 0.6 is 0 Å². The third-order valence-electron chi connectivity index (χ3n) is 6.91. The Morgan fingerprint density at radius 3 is 2.12 bits per heavy atom. The van der Waals surface area contributed by atoms with Crippen molar-refractivity contribution in [1.29, 1.82) is 0 Å². The Kier molecular flexibility index (Phi) is 7.09. The highest BCUT2D eigenvalue weighted by atomic mass is 28.3. The van der Waals surface area contributed by atoms with Crippen molar-refractivity contribution in [2.45, 2.75) is 88.8 Å². The molecule has 3 heteroatoms.